The number of carbonyl (C=O) groups is 1. The van der Waals surface area contributed by atoms with Crippen molar-refractivity contribution in [1.29, 1.82) is 5.26 Å². The largest absolute Gasteiger partial charge is 0.444 e. The highest BCUT2D eigenvalue weighted by atomic mass is 32.2. The molecule has 3 rings (SSSR count). The van der Waals surface area contributed by atoms with Crippen LogP contribution in [0.5, 0.6) is 0 Å². The van der Waals surface area contributed by atoms with Gasteiger partial charge < -0.3 is 10.1 Å². The topological polar surface area (TPSA) is 99.5 Å². The zero-order valence-electron chi connectivity index (χ0n) is 19.6. The molecule has 1 N–H and O–H groups in total. The Hall–Kier alpha value is -2.63. The van der Waals surface area contributed by atoms with Crippen molar-refractivity contribution < 1.29 is 17.9 Å². The summed E-state index contributed by atoms with van der Waals surface area (Å²) in [4.78, 5) is 12.1. The molecule has 0 aromatic heterocycles. The number of hydrogen-bond acceptors (Lipinski definition) is 5. The minimum Gasteiger partial charge on any atom is -0.444 e. The maximum atomic E-state index is 13.3. The van der Waals surface area contributed by atoms with Crippen molar-refractivity contribution in [3.8, 4) is 6.07 Å². The van der Waals surface area contributed by atoms with Crippen LogP contribution in [0.4, 0.5) is 4.79 Å². The number of rotatable bonds is 7. The molecule has 2 aromatic carbocycles. The monoisotopic (exact) mass is 471 g/mol. The van der Waals surface area contributed by atoms with E-state index in [9.17, 15) is 18.5 Å². The first-order valence-corrected chi connectivity index (χ1v) is 12.9. The second kappa shape index (κ2) is 10.5. The Morgan fingerprint density at radius 3 is 2.36 bits per heavy atom. The van der Waals surface area contributed by atoms with E-state index in [1.807, 2.05) is 51.1 Å². The number of fused-ring (bicyclic) bond motifs is 1. The van der Waals surface area contributed by atoms with Crippen molar-refractivity contribution in [1.82, 2.24) is 9.62 Å². The van der Waals surface area contributed by atoms with E-state index < -0.39 is 21.7 Å². The number of ether oxygens (including phenoxy) is 1. The molecule has 0 heterocycles. The molecular weight excluding hydrogens is 438 g/mol. The second-order valence-electron chi connectivity index (χ2n) is 9.73. The Morgan fingerprint density at radius 1 is 1.09 bits per heavy atom. The van der Waals surface area contributed by atoms with Crippen molar-refractivity contribution >= 4 is 26.9 Å². The van der Waals surface area contributed by atoms with Gasteiger partial charge in [0.2, 0.25) is 10.0 Å². The summed E-state index contributed by atoms with van der Waals surface area (Å²) in [6.45, 7) is 6.20. The average molecular weight is 472 g/mol. The third kappa shape index (κ3) is 6.92. The molecule has 178 valence electrons. The molecule has 0 saturated heterocycles. The number of alkyl carbamates (subject to hydrolysis) is 1. The lowest BCUT2D eigenvalue weighted by Crippen LogP contribution is -2.39. The van der Waals surface area contributed by atoms with Gasteiger partial charge in [0, 0.05) is 13.1 Å². The fourth-order valence-corrected chi connectivity index (χ4v) is 5.70. The minimum absolute atomic E-state index is 0.171. The summed E-state index contributed by atoms with van der Waals surface area (Å²) in [7, 11) is -3.77. The van der Waals surface area contributed by atoms with E-state index in [2.05, 4.69) is 5.32 Å². The first-order chi connectivity index (χ1) is 15.6. The standard InChI is InChI=1S/C25H33N3O4S/c1-25(2,3)32-24(29)27-17-19-8-10-20(11-9-19)18-28(15-14-26)33(30,31)23-13-12-21-6-4-5-7-22(21)16-23/h4-7,12-13,16,19-20H,8-11,15,17-18H2,1-3H3,(H,27,29)/t19-,20-. The Labute approximate surface area is 196 Å². The summed E-state index contributed by atoms with van der Waals surface area (Å²) >= 11 is 0. The first kappa shape index (κ1) is 25.0. The van der Waals surface area contributed by atoms with E-state index in [0.717, 1.165) is 36.5 Å². The molecule has 0 radical (unpaired) electrons. The molecule has 8 heteroatoms. The lowest BCUT2D eigenvalue weighted by molar-refractivity contribution is 0.0513. The lowest BCUT2D eigenvalue weighted by Gasteiger charge is -2.31. The summed E-state index contributed by atoms with van der Waals surface area (Å²) in [5, 5.41) is 13.9. The van der Waals surface area contributed by atoms with E-state index in [0.29, 0.717) is 19.0 Å². The molecule has 1 fully saturated rings. The molecule has 0 bridgehead atoms. The van der Waals surface area contributed by atoms with Crippen molar-refractivity contribution in [2.24, 2.45) is 11.8 Å². The first-order valence-electron chi connectivity index (χ1n) is 11.4. The van der Waals surface area contributed by atoms with Crippen LogP contribution in [-0.2, 0) is 14.8 Å². The number of nitrogens with one attached hydrogen (secondary N) is 1. The summed E-state index contributed by atoms with van der Waals surface area (Å²) in [6, 6.07) is 14.7. The maximum Gasteiger partial charge on any atom is 0.407 e. The van der Waals surface area contributed by atoms with Crippen molar-refractivity contribution in [2.75, 3.05) is 19.6 Å². The highest BCUT2D eigenvalue weighted by molar-refractivity contribution is 7.89. The summed E-state index contributed by atoms with van der Waals surface area (Å²) in [5.74, 6) is 0.529. The minimum atomic E-state index is -3.77. The molecule has 1 aliphatic rings. The molecular formula is C25H33N3O4S. The summed E-state index contributed by atoms with van der Waals surface area (Å²) in [6.07, 6.45) is 3.10. The lowest BCUT2D eigenvalue weighted by atomic mass is 9.82. The third-order valence-electron chi connectivity index (χ3n) is 5.97. The van der Waals surface area contributed by atoms with Crippen molar-refractivity contribution in [3.63, 3.8) is 0 Å². The Kier molecular flexibility index (Phi) is 7.98. The van der Waals surface area contributed by atoms with Gasteiger partial charge in [0.1, 0.15) is 12.1 Å². The summed E-state index contributed by atoms with van der Waals surface area (Å²) in [5.41, 5.74) is -0.525. The number of nitriles is 1. The molecule has 2 aromatic rings. The smallest absolute Gasteiger partial charge is 0.407 e. The Balaban J connectivity index is 1.59. The number of nitrogens with zero attached hydrogens (tertiary/aromatic N) is 2. The van der Waals surface area contributed by atoms with E-state index >= 15 is 0 Å². The fourth-order valence-electron chi connectivity index (χ4n) is 4.25. The third-order valence-corrected chi connectivity index (χ3v) is 7.78. The number of carbonyl (C=O) groups excluding carboxylic acids is 1. The molecule has 0 spiro atoms. The van der Waals surface area contributed by atoms with E-state index in [-0.39, 0.29) is 17.4 Å². The van der Waals surface area contributed by atoms with Crippen molar-refractivity contribution in [2.45, 2.75) is 57.0 Å². The molecule has 7 nitrogen and oxygen atoms in total. The Bertz CT molecular complexity index is 1110. The van der Waals surface area contributed by atoms with Gasteiger partial charge in [0.25, 0.3) is 0 Å². The molecule has 0 atom stereocenters. The van der Waals surface area contributed by atoms with Crippen LogP contribution >= 0.6 is 0 Å². The number of hydrogen-bond donors (Lipinski definition) is 1. The van der Waals surface area contributed by atoms with Crippen LogP contribution in [0.15, 0.2) is 47.4 Å². The van der Waals surface area contributed by atoms with Crippen LogP contribution in [-0.4, -0.2) is 44.1 Å². The molecule has 0 unspecified atom stereocenters. The van der Waals surface area contributed by atoms with Crippen LogP contribution in [0, 0.1) is 23.2 Å². The quantitative estimate of drug-likeness (QED) is 0.591. The van der Waals surface area contributed by atoms with Crippen LogP contribution in [0.1, 0.15) is 46.5 Å². The fraction of sp³-hybridized carbons (Fsp3) is 0.520. The van der Waals surface area contributed by atoms with Gasteiger partial charge in [0.15, 0.2) is 0 Å². The van der Waals surface area contributed by atoms with Gasteiger partial charge in [-0.25, -0.2) is 13.2 Å². The van der Waals surface area contributed by atoms with Crippen LogP contribution in [0.3, 0.4) is 0 Å². The van der Waals surface area contributed by atoms with Gasteiger partial charge in [-0.1, -0.05) is 30.3 Å². The summed E-state index contributed by atoms with van der Waals surface area (Å²) < 4.78 is 33.2. The van der Waals surface area contributed by atoms with Gasteiger partial charge in [-0.15, -0.1) is 0 Å². The van der Waals surface area contributed by atoms with Crippen LogP contribution < -0.4 is 5.32 Å². The zero-order chi connectivity index (χ0) is 24.1. The van der Waals surface area contributed by atoms with Gasteiger partial charge >= 0.3 is 6.09 Å². The number of sulfonamides is 1. The Morgan fingerprint density at radius 2 is 1.73 bits per heavy atom. The van der Waals surface area contributed by atoms with Gasteiger partial charge in [-0.2, -0.15) is 9.57 Å². The van der Waals surface area contributed by atoms with Gasteiger partial charge in [0.05, 0.1) is 11.0 Å². The van der Waals surface area contributed by atoms with E-state index in [1.54, 1.807) is 18.2 Å². The molecule has 1 amide bonds. The highest BCUT2D eigenvalue weighted by Gasteiger charge is 2.30. The molecule has 0 aliphatic heterocycles. The number of amides is 1. The zero-order valence-corrected chi connectivity index (χ0v) is 20.4. The predicted octanol–water partition coefficient (Wildman–Crippen LogP) is 4.69. The molecule has 1 saturated carbocycles. The number of benzene rings is 2. The second-order valence-corrected chi connectivity index (χ2v) is 11.7. The molecule has 33 heavy (non-hydrogen) atoms. The van der Waals surface area contributed by atoms with Gasteiger partial charge in [-0.3, -0.25) is 0 Å². The SMILES string of the molecule is CC(C)(C)OC(=O)NC[C@H]1CC[C@H](CN(CC#N)S(=O)(=O)c2ccc3ccccc3c2)CC1. The highest BCUT2D eigenvalue weighted by Crippen LogP contribution is 2.31. The predicted molar refractivity (Wildman–Crippen MR) is 128 cm³/mol. The van der Waals surface area contributed by atoms with E-state index in [4.69, 9.17) is 4.74 Å². The maximum absolute atomic E-state index is 13.3. The van der Waals surface area contributed by atoms with E-state index in [1.165, 1.54) is 4.31 Å². The van der Waals surface area contributed by atoms with Crippen LogP contribution in [0.25, 0.3) is 10.8 Å². The normalized spacial score (nSPS) is 19.2. The molecule has 1 aliphatic carbocycles. The average Bonchev–Trinajstić information content (AvgIpc) is 2.77. The van der Waals surface area contributed by atoms with Gasteiger partial charge in [-0.05, 0) is 81.2 Å². The van der Waals surface area contributed by atoms with Crippen molar-refractivity contribution in [3.05, 3.63) is 42.5 Å². The van der Waals surface area contributed by atoms with Crippen LogP contribution in [0.2, 0.25) is 0 Å².